The number of aromatic nitrogens is 2. The van der Waals surface area contributed by atoms with E-state index in [0.29, 0.717) is 24.6 Å². The van der Waals surface area contributed by atoms with Crippen LogP contribution in [0.3, 0.4) is 0 Å². The van der Waals surface area contributed by atoms with E-state index in [2.05, 4.69) is 15.5 Å². The van der Waals surface area contributed by atoms with Crippen LogP contribution in [0, 0.1) is 20.8 Å². The molecule has 0 unspecified atom stereocenters. The Labute approximate surface area is 159 Å². The van der Waals surface area contributed by atoms with E-state index in [9.17, 15) is 4.79 Å². The van der Waals surface area contributed by atoms with Crippen molar-refractivity contribution < 1.29 is 9.53 Å². The van der Waals surface area contributed by atoms with Crippen molar-refractivity contribution in [3.8, 4) is 17.1 Å². The Hall–Kier alpha value is -3.21. The van der Waals surface area contributed by atoms with Crippen molar-refractivity contribution in [1.82, 2.24) is 15.5 Å². The van der Waals surface area contributed by atoms with Gasteiger partial charge in [0, 0.05) is 17.2 Å². The third-order valence-corrected chi connectivity index (χ3v) is 4.11. The van der Waals surface area contributed by atoms with Crippen LogP contribution in [0.15, 0.2) is 54.6 Å². The highest BCUT2D eigenvalue weighted by atomic mass is 16.5. The highest BCUT2D eigenvalue weighted by Crippen LogP contribution is 2.18. The van der Waals surface area contributed by atoms with Gasteiger partial charge < -0.3 is 10.1 Å². The van der Waals surface area contributed by atoms with Gasteiger partial charge in [0.2, 0.25) is 5.88 Å². The van der Waals surface area contributed by atoms with Gasteiger partial charge in [-0.05, 0) is 39.0 Å². The SMILES string of the molecule is Cc1ccc(-c2ccc(OCCNC(=O)c3cc(C)cc(C)c3)nn2)cc1. The lowest BCUT2D eigenvalue weighted by atomic mass is 10.1. The molecule has 1 N–H and O–H groups in total. The molecule has 0 radical (unpaired) electrons. The van der Waals surface area contributed by atoms with Crippen LogP contribution >= 0.6 is 0 Å². The van der Waals surface area contributed by atoms with Crippen molar-refractivity contribution in [2.45, 2.75) is 20.8 Å². The minimum absolute atomic E-state index is 0.105. The largest absolute Gasteiger partial charge is 0.475 e. The van der Waals surface area contributed by atoms with Gasteiger partial charge in [0.1, 0.15) is 6.61 Å². The molecule has 27 heavy (non-hydrogen) atoms. The second-order valence-corrected chi connectivity index (χ2v) is 6.60. The Kier molecular flexibility index (Phi) is 5.81. The van der Waals surface area contributed by atoms with Gasteiger partial charge in [-0.3, -0.25) is 4.79 Å². The van der Waals surface area contributed by atoms with Gasteiger partial charge in [0.05, 0.1) is 12.2 Å². The second kappa shape index (κ2) is 8.45. The van der Waals surface area contributed by atoms with Gasteiger partial charge in [-0.2, -0.15) is 0 Å². The highest BCUT2D eigenvalue weighted by molar-refractivity contribution is 5.94. The molecule has 0 saturated heterocycles. The van der Waals surface area contributed by atoms with Gasteiger partial charge in [0.25, 0.3) is 5.91 Å². The highest BCUT2D eigenvalue weighted by Gasteiger charge is 2.07. The van der Waals surface area contributed by atoms with E-state index in [-0.39, 0.29) is 5.91 Å². The summed E-state index contributed by atoms with van der Waals surface area (Å²) in [5.74, 6) is 0.331. The number of carbonyl (C=O) groups excluding carboxylic acids is 1. The van der Waals surface area contributed by atoms with Crippen molar-refractivity contribution >= 4 is 5.91 Å². The van der Waals surface area contributed by atoms with Crippen molar-refractivity contribution in [2.75, 3.05) is 13.2 Å². The summed E-state index contributed by atoms with van der Waals surface area (Å²) in [6.45, 7) is 6.73. The van der Waals surface area contributed by atoms with Gasteiger partial charge in [-0.25, -0.2) is 0 Å². The summed E-state index contributed by atoms with van der Waals surface area (Å²) in [7, 11) is 0. The molecule has 0 atom stereocenters. The average Bonchev–Trinajstić information content (AvgIpc) is 2.65. The van der Waals surface area contributed by atoms with E-state index in [1.54, 1.807) is 6.07 Å². The van der Waals surface area contributed by atoms with Gasteiger partial charge in [-0.1, -0.05) is 47.0 Å². The fourth-order valence-corrected chi connectivity index (χ4v) is 2.80. The van der Waals surface area contributed by atoms with Gasteiger partial charge >= 0.3 is 0 Å². The Balaban J connectivity index is 1.49. The first-order valence-corrected chi connectivity index (χ1v) is 8.91. The topological polar surface area (TPSA) is 64.1 Å². The number of nitrogens with one attached hydrogen (secondary N) is 1. The number of carbonyl (C=O) groups is 1. The molecular formula is C22H23N3O2. The zero-order valence-electron chi connectivity index (χ0n) is 15.8. The molecule has 2 aromatic carbocycles. The lowest BCUT2D eigenvalue weighted by molar-refractivity contribution is 0.0946. The predicted molar refractivity (Wildman–Crippen MR) is 106 cm³/mol. The summed E-state index contributed by atoms with van der Waals surface area (Å²) in [5, 5.41) is 11.1. The van der Waals surface area contributed by atoms with Crippen molar-refractivity contribution in [1.29, 1.82) is 0 Å². The standard InChI is InChI=1S/C22H23N3O2/c1-15-4-6-18(7-5-15)20-8-9-21(25-24-20)27-11-10-23-22(26)19-13-16(2)12-17(3)14-19/h4-9,12-14H,10-11H2,1-3H3,(H,23,26). The maximum Gasteiger partial charge on any atom is 0.251 e. The molecule has 0 aliphatic rings. The second-order valence-electron chi connectivity index (χ2n) is 6.60. The molecule has 0 aliphatic carbocycles. The maximum atomic E-state index is 12.2. The summed E-state index contributed by atoms with van der Waals surface area (Å²) in [4.78, 5) is 12.2. The molecule has 0 bridgehead atoms. The van der Waals surface area contributed by atoms with Crippen LogP contribution in [0.25, 0.3) is 11.3 Å². The number of aryl methyl sites for hydroxylation is 3. The van der Waals surface area contributed by atoms with E-state index in [1.807, 2.05) is 69.3 Å². The predicted octanol–water partition coefficient (Wildman–Crippen LogP) is 3.88. The Bertz CT molecular complexity index is 899. The van der Waals surface area contributed by atoms with Crippen LogP contribution in [-0.4, -0.2) is 29.3 Å². The van der Waals surface area contributed by atoms with Crippen LogP contribution in [0.5, 0.6) is 5.88 Å². The summed E-state index contributed by atoms with van der Waals surface area (Å²) >= 11 is 0. The summed E-state index contributed by atoms with van der Waals surface area (Å²) < 4.78 is 5.56. The number of hydrogen-bond donors (Lipinski definition) is 1. The molecule has 1 amide bonds. The number of ether oxygens (including phenoxy) is 1. The minimum atomic E-state index is -0.105. The molecule has 3 aromatic rings. The fraction of sp³-hybridized carbons (Fsp3) is 0.227. The monoisotopic (exact) mass is 361 g/mol. The smallest absolute Gasteiger partial charge is 0.251 e. The third-order valence-electron chi connectivity index (χ3n) is 4.11. The van der Waals surface area contributed by atoms with E-state index >= 15 is 0 Å². The molecule has 5 nitrogen and oxygen atoms in total. The minimum Gasteiger partial charge on any atom is -0.475 e. The lowest BCUT2D eigenvalue weighted by Crippen LogP contribution is -2.28. The molecule has 0 spiro atoms. The van der Waals surface area contributed by atoms with Crippen LogP contribution in [0.1, 0.15) is 27.0 Å². The van der Waals surface area contributed by atoms with Crippen molar-refractivity contribution in [3.05, 3.63) is 76.9 Å². The molecule has 0 saturated carbocycles. The van der Waals surface area contributed by atoms with E-state index in [4.69, 9.17) is 4.74 Å². The van der Waals surface area contributed by atoms with Gasteiger partial charge in [0.15, 0.2) is 0 Å². The van der Waals surface area contributed by atoms with Crippen molar-refractivity contribution in [3.63, 3.8) is 0 Å². The molecular weight excluding hydrogens is 338 g/mol. The van der Waals surface area contributed by atoms with Crippen LogP contribution in [0.4, 0.5) is 0 Å². The first kappa shape index (κ1) is 18.6. The number of nitrogens with zero attached hydrogens (tertiary/aromatic N) is 2. The Morgan fingerprint density at radius 3 is 2.22 bits per heavy atom. The molecule has 1 heterocycles. The molecule has 0 aliphatic heterocycles. The number of hydrogen-bond acceptors (Lipinski definition) is 4. The van der Waals surface area contributed by atoms with E-state index < -0.39 is 0 Å². The Morgan fingerprint density at radius 1 is 0.889 bits per heavy atom. The van der Waals surface area contributed by atoms with Crippen LogP contribution < -0.4 is 10.1 Å². The normalized spacial score (nSPS) is 10.5. The van der Waals surface area contributed by atoms with E-state index in [1.165, 1.54) is 5.56 Å². The lowest BCUT2D eigenvalue weighted by Gasteiger charge is -2.08. The first-order chi connectivity index (χ1) is 13.0. The Morgan fingerprint density at radius 2 is 1.59 bits per heavy atom. The van der Waals surface area contributed by atoms with Crippen molar-refractivity contribution in [2.24, 2.45) is 0 Å². The number of amides is 1. The quantitative estimate of drug-likeness (QED) is 0.677. The molecule has 138 valence electrons. The number of rotatable bonds is 6. The molecule has 1 aromatic heterocycles. The summed E-state index contributed by atoms with van der Waals surface area (Å²) in [6, 6.07) is 17.6. The summed E-state index contributed by atoms with van der Waals surface area (Å²) in [5.41, 5.74) is 5.82. The molecule has 0 fully saturated rings. The summed E-state index contributed by atoms with van der Waals surface area (Å²) in [6.07, 6.45) is 0. The fourth-order valence-electron chi connectivity index (χ4n) is 2.80. The molecule has 5 heteroatoms. The molecule has 3 rings (SSSR count). The van der Waals surface area contributed by atoms with E-state index in [0.717, 1.165) is 22.4 Å². The third kappa shape index (κ3) is 5.14. The maximum absolute atomic E-state index is 12.2. The first-order valence-electron chi connectivity index (χ1n) is 8.91. The number of benzene rings is 2. The zero-order valence-corrected chi connectivity index (χ0v) is 15.8. The zero-order chi connectivity index (χ0) is 19.2. The average molecular weight is 361 g/mol. The van der Waals surface area contributed by atoms with Crippen LogP contribution in [-0.2, 0) is 0 Å². The van der Waals surface area contributed by atoms with Crippen LogP contribution in [0.2, 0.25) is 0 Å². The van der Waals surface area contributed by atoms with Gasteiger partial charge in [-0.15, -0.1) is 10.2 Å².